The van der Waals surface area contributed by atoms with Gasteiger partial charge in [-0.25, -0.2) is 17.9 Å². The molecule has 0 aromatic rings. The van der Waals surface area contributed by atoms with Crippen molar-refractivity contribution in [2.24, 2.45) is 11.7 Å². The van der Waals surface area contributed by atoms with Crippen LogP contribution in [0, 0.1) is 5.92 Å². The van der Waals surface area contributed by atoms with Gasteiger partial charge >= 0.3 is 6.09 Å². The van der Waals surface area contributed by atoms with Crippen LogP contribution in [0.4, 0.5) is 4.79 Å². The van der Waals surface area contributed by atoms with Gasteiger partial charge in [0.15, 0.2) is 0 Å². The van der Waals surface area contributed by atoms with E-state index in [1.807, 2.05) is 0 Å². The molecule has 0 saturated carbocycles. The Bertz CT molecular complexity index is 541. The van der Waals surface area contributed by atoms with Gasteiger partial charge in [-0.1, -0.05) is 0 Å². The molecule has 0 aliphatic carbocycles. The molecule has 0 aromatic carbocycles. The molecule has 8 nitrogen and oxygen atoms in total. The zero-order chi connectivity index (χ0) is 17.8. The van der Waals surface area contributed by atoms with Gasteiger partial charge in [0.2, 0.25) is 15.9 Å². The molecule has 1 fully saturated rings. The molecular weight excluding hydrogens is 322 g/mol. The first kappa shape index (κ1) is 19.7. The lowest BCUT2D eigenvalue weighted by atomic mass is 10.0. The first-order chi connectivity index (χ1) is 10.4. The van der Waals surface area contributed by atoms with Crippen LogP contribution in [0.15, 0.2) is 0 Å². The summed E-state index contributed by atoms with van der Waals surface area (Å²) in [5, 5.41) is 0. The van der Waals surface area contributed by atoms with Gasteiger partial charge in [-0.15, -0.1) is 0 Å². The third-order valence-electron chi connectivity index (χ3n) is 3.41. The van der Waals surface area contributed by atoms with E-state index in [0.717, 1.165) is 0 Å². The first-order valence-electron chi connectivity index (χ1n) is 7.67. The Kier molecular flexibility index (Phi) is 6.41. The Morgan fingerprint density at radius 1 is 1.39 bits per heavy atom. The summed E-state index contributed by atoms with van der Waals surface area (Å²) < 4.78 is 31.7. The molecule has 23 heavy (non-hydrogen) atoms. The van der Waals surface area contributed by atoms with E-state index in [0.29, 0.717) is 25.9 Å². The molecule has 0 bridgehead atoms. The van der Waals surface area contributed by atoms with Gasteiger partial charge in [0.05, 0.1) is 11.8 Å². The van der Waals surface area contributed by atoms with Gasteiger partial charge in [-0.2, -0.15) is 0 Å². The van der Waals surface area contributed by atoms with Crippen molar-refractivity contribution in [2.75, 3.05) is 18.8 Å². The van der Waals surface area contributed by atoms with Crippen LogP contribution in [-0.4, -0.2) is 55.8 Å². The SMILES string of the molecule is C[C@@H](NS(=O)(=O)C[C@H]1CCCN(C(=O)OC(C)(C)C)C1)C(N)=O. The summed E-state index contributed by atoms with van der Waals surface area (Å²) in [6.45, 7) is 7.62. The third-order valence-corrected chi connectivity index (χ3v) is 5.03. The Labute approximate surface area is 137 Å². The van der Waals surface area contributed by atoms with Gasteiger partial charge in [0.25, 0.3) is 0 Å². The number of carbonyl (C=O) groups excluding carboxylic acids is 2. The van der Waals surface area contributed by atoms with Gasteiger partial charge < -0.3 is 15.4 Å². The zero-order valence-corrected chi connectivity index (χ0v) is 15.0. The van der Waals surface area contributed by atoms with Crippen LogP contribution in [0.2, 0.25) is 0 Å². The Hall–Kier alpha value is -1.35. The van der Waals surface area contributed by atoms with E-state index < -0.39 is 33.7 Å². The molecule has 1 rings (SSSR count). The van der Waals surface area contributed by atoms with E-state index in [4.69, 9.17) is 10.5 Å². The normalized spacial score (nSPS) is 20.9. The summed E-state index contributed by atoms with van der Waals surface area (Å²) in [6.07, 6.45) is 0.980. The summed E-state index contributed by atoms with van der Waals surface area (Å²) in [6, 6.07) is -0.953. The summed E-state index contributed by atoms with van der Waals surface area (Å²) in [5.41, 5.74) is 4.47. The predicted molar refractivity (Wildman–Crippen MR) is 86.1 cm³/mol. The van der Waals surface area contributed by atoms with Crippen molar-refractivity contribution in [3.05, 3.63) is 0 Å². The number of likely N-dealkylation sites (tertiary alicyclic amines) is 1. The smallest absolute Gasteiger partial charge is 0.410 e. The fourth-order valence-corrected chi connectivity index (χ4v) is 4.02. The highest BCUT2D eigenvalue weighted by atomic mass is 32.2. The van der Waals surface area contributed by atoms with Crippen LogP contribution in [0.3, 0.4) is 0 Å². The second-order valence-corrected chi connectivity index (χ2v) is 8.76. The number of ether oxygens (including phenoxy) is 1. The maximum absolute atomic E-state index is 12.1. The molecule has 1 heterocycles. The minimum Gasteiger partial charge on any atom is -0.444 e. The molecule has 0 unspecified atom stereocenters. The molecular formula is C14H27N3O5S. The zero-order valence-electron chi connectivity index (χ0n) is 14.2. The Balaban J connectivity index is 2.61. The van der Waals surface area contributed by atoms with Crippen molar-refractivity contribution in [1.29, 1.82) is 0 Å². The van der Waals surface area contributed by atoms with Crippen LogP contribution in [-0.2, 0) is 19.6 Å². The number of primary amides is 1. The molecule has 0 aromatic heterocycles. The summed E-state index contributed by atoms with van der Waals surface area (Å²) in [7, 11) is -3.64. The molecule has 2 amide bonds. The molecule has 134 valence electrons. The van der Waals surface area contributed by atoms with E-state index in [1.54, 1.807) is 20.8 Å². The van der Waals surface area contributed by atoms with Crippen molar-refractivity contribution in [3.8, 4) is 0 Å². The van der Waals surface area contributed by atoms with E-state index in [-0.39, 0.29) is 11.7 Å². The molecule has 9 heteroatoms. The fourth-order valence-electron chi connectivity index (χ4n) is 2.38. The summed E-state index contributed by atoms with van der Waals surface area (Å²) in [5.74, 6) is -1.08. The Morgan fingerprint density at radius 3 is 2.52 bits per heavy atom. The van der Waals surface area contributed by atoms with Crippen molar-refractivity contribution in [2.45, 2.75) is 52.2 Å². The van der Waals surface area contributed by atoms with E-state index in [2.05, 4.69) is 4.72 Å². The van der Waals surface area contributed by atoms with E-state index in [1.165, 1.54) is 11.8 Å². The topological polar surface area (TPSA) is 119 Å². The quantitative estimate of drug-likeness (QED) is 0.746. The van der Waals surface area contributed by atoms with E-state index >= 15 is 0 Å². The third kappa shape index (κ3) is 7.17. The number of piperidine rings is 1. The second-order valence-electron chi connectivity index (χ2n) is 6.96. The lowest BCUT2D eigenvalue weighted by Crippen LogP contribution is -2.47. The largest absolute Gasteiger partial charge is 0.444 e. The number of rotatable bonds is 5. The average Bonchev–Trinajstić information content (AvgIpc) is 2.35. The number of nitrogens with two attached hydrogens (primary N) is 1. The lowest BCUT2D eigenvalue weighted by molar-refractivity contribution is -0.119. The van der Waals surface area contributed by atoms with Crippen LogP contribution < -0.4 is 10.5 Å². The maximum atomic E-state index is 12.1. The minimum absolute atomic E-state index is 0.149. The highest BCUT2D eigenvalue weighted by Crippen LogP contribution is 2.20. The van der Waals surface area contributed by atoms with Crippen molar-refractivity contribution < 1.29 is 22.7 Å². The molecule has 2 atom stereocenters. The number of hydrogen-bond donors (Lipinski definition) is 2. The van der Waals surface area contributed by atoms with E-state index in [9.17, 15) is 18.0 Å². The highest BCUT2D eigenvalue weighted by Gasteiger charge is 2.30. The maximum Gasteiger partial charge on any atom is 0.410 e. The number of carbonyl (C=O) groups is 2. The number of nitrogens with one attached hydrogen (secondary N) is 1. The summed E-state index contributed by atoms with van der Waals surface area (Å²) in [4.78, 5) is 24.6. The molecule has 1 aliphatic heterocycles. The Morgan fingerprint density at radius 2 is 2.00 bits per heavy atom. The van der Waals surface area contributed by atoms with Crippen molar-refractivity contribution in [3.63, 3.8) is 0 Å². The monoisotopic (exact) mass is 349 g/mol. The van der Waals surface area contributed by atoms with Crippen LogP contribution in [0.5, 0.6) is 0 Å². The van der Waals surface area contributed by atoms with Gasteiger partial charge in [0, 0.05) is 13.1 Å². The number of hydrogen-bond acceptors (Lipinski definition) is 5. The van der Waals surface area contributed by atoms with Crippen molar-refractivity contribution >= 4 is 22.0 Å². The molecule has 3 N–H and O–H groups in total. The first-order valence-corrected chi connectivity index (χ1v) is 9.32. The van der Waals surface area contributed by atoms with Crippen molar-refractivity contribution in [1.82, 2.24) is 9.62 Å². The van der Waals surface area contributed by atoms with Crippen LogP contribution in [0.25, 0.3) is 0 Å². The second kappa shape index (κ2) is 7.48. The van der Waals surface area contributed by atoms with Crippen LogP contribution in [0.1, 0.15) is 40.5 Å². The standard InChI is InChI=1S/C14H27N3O5S/c1-10(12(15)18)16-23(20,21)9-11-6-5-7-17(8-11)13(19)22-14(2,3)4/h10-11,16H,5-9H2,1-4H3,(H2,15,18)/t10-,11+/m1/s1. The fraction of sp³-hybridized carbons (Fsp3) is 0.857. The molecule has 1 saturated heterocycles. The molecule has 1 aliphatic rings. The van der Waals surface area contributed by atoms with Crippen LogP contribution >= 0.6 is 0 Å². The summed E-state index contributed by atoms with van der Waals surface area (Å²) >= 11 is 0. The van der Waals surface area contributed by atoms with Gasteiger partial charge in [-0.3, -0.25) is 4.79 Å². The lowest BCUT2D eigenvalue weighted by Gasteiger charge is -2.34. The predicted octanol–water partition coefficient (Wildman–Crippen LogP) is 0.427. The molecule has 0 spiro atoms. The highest BCUT2D eigenvalue weighted by molar-refractivity contribution is 7.89. The number of nitrogens with zero attached hydrogens (tertiary/aromatic N) is 1. The van der Waals surface area contributed by atoms with Gasteiger partial charge in [0.1, 0.15) is 5.60 Å². The minimum atomic E-state index is -3.64. The molecule has 0 radical (unpaired) electrons. The number of sulfonamides is 1. The number of amides is 2. The van der Waals surface area contributed by atoms with Gasteiger partial charge in [-0.05, 0) is 46.5 Å². The average molecular weight is 349 g/mol.